The number of nitrogens with two attached hydrogens (primary N) is 1. The molecule has 0 spiro atoms. The molecule has 0 bridgehead atoms. The summed E-state index contributed by atoms with van der Waals surface area (Å²) in [4.78, 5) is 4.38. The van der Waals surface area contributed by atoms with E-state index in [0.29, 0.717) is 15.7 Å². The van der Waals surface area contributed by atoms with E-state index in [1.807, 2.05) is 35.8 Å². The Labute approximate surface area is 134 Å². The van der Waals surface area contributed by atoms with Gasteiger partial charge in [0.1, 0.15) is 0 Å². The lowest BCUT2D eigenvalue weighted by atomic mass is 10.0. The van der Waals surface area contributed by atoms with Crippen molar-refractivity contribution >= 4 is 34.4 Å². The van der Waals surface area contributed by atoms with Gasteiger partial charge in [0.25, 0.3) is 0 Å². The lowest BCUT2D eigenvalue weighted by molar-refractivity contribution is 0.550. The lowest BCUT2D eigenvalue weighted by Gasteiger charge is -2.35. The monoisotopic (exact) mass is 319 g/mol. The summed E-state index contributed by atoms with van der Waals surface area (Å²) in [5.74, 6) is 7.01. The number of hydrogen-bond donors (Lipinski definition) is 2. The highest BCUT2D eigenvalue weighted by atomic mass is 32.2. The zero-order valence-corrected chi connectivity index (χ0v) is 14.0. The van der Waals surface area contributed by atoms with Crippen LogP contribution in [0.3, 0.4) is 0 Å². The van der Waals surface area contributed by atoms with Crippen LogP contribution in [0.25, 0.3) is 10.9 Å². The molecule has 0 radical (unpaired) electrons. The first-order chi connectivity index (χ1) is 10.2. The molecule has 1 aromatic heterocycles. The topological polar surface area (TPSA) is 50.9 Å². The average Bonchev–Trinajstić information content (AvgIpc) is 2.51. The fourth-order valence-electron chi connectivity index (χ4n) is 2.69. The van der Waals surface area contributed by atoms with Crippen LogP contribution in [0.15, 0.2) is 36.5 Å². The van der Waals surface area contributed by atoms with Crippen LogP contribution in [0.1, 0.15) is 25.5 Å². The van der Waals surface area contributed by atoms with Crippen molar-refractivity contribution < 1.29 is 0 Å². The molecule has 3 nitrogen and oxygen atoms in total. The molecule has 2 heterocycles. The molecule has 3 N–H and O–H groups in total. The maximum absolute atomic E-state index is 5.87. The first kappa shape index (κ1) is 15.2. The largest absolute Gasteiger partial charge is 0.271 e. The van der Waals surface area contributed by atoms with Gasteiger partial charge in [-0.05, 0) is 23.8 Å². The van der Waals surface area contributed by atoms with Crippen LogP contribution < -0.4 is 11.3 Å². The molecule has 1 saturated heterocycles. The molecule has 0 saturated carbocycles. The highest BCUT2D eigenvalue weighted by Crippen LogP contribution is 2.41. The van der Waals surface area contributed by atoms with Gasteiger partial charge in [0.05, 0.1) is 11.6 Å². The van der Waals surface area contributed by atoms with E-state index in [9.17, 15) is 0 Å². The minimum absolute atomic E-state index is 0.182. The number of rotatable bonds is 3. The zero-order valence-electron chi connectivity index (χ0n) is 12.3. The van der Waals surface area contributed by atoms with E-state index in [1.54, 1.807) is 0 Å². The SMILES string of the molecule is CC1SCC(C(NN)c2ccc3ncccc3c2)SC1C. The molecule has 4 unspecified atom stereocenters. The van der Waals surface area contributed by atoms with Crippen LogP contribution in [0.4, 0.5) is 0 Å². The van der Waals surface area contributed by atoms with Crippen molar-refractivity contribution in [1.82, 2.24) is 10.4 Å². The summed E-state index contributed by atoms with van der Waals surface area (Å²) in [5.41, 5.74) is 5.31. The molecular weight excluding hydrogens is 298 g/mol. The molecule has 1 aliphatic rings. The Morgan fingerprint density at radius 3 is 2.90 bits per heavy atom. The van der Waals surface area contributed by atoms with Gasteiger partial charge in [-0.25, -0.2) is 0 Å². The fourth-order valence-corrected chi connectivity index (χ4v) is 5.79. The van der Waals surface area contributed by atoms with Gasteiger partial charge in [-0.2, -0.15) is 23.5 Å². The number of aromatic nitrogens is 1. The molecule has 0 amide bonds. The van der Waals surface area contributed by atoms with Crippen molar-refractivity contribution in [2.24, 2.45) is 5.84 Å². The Balaban J connectivity index is 1.87. The van der Waals surface area contributed by atoms with Gasteiger partial charge in [0.2, 0.25) is 0 Å². The molecule has 112 valence electrons. The molecule has 1 aromatic carbocycles. The van der Waals surface area contributed by atoms with E-state index in [0.717, 1.165) is 11.3 Å². The Hall–Kier alpha value is -0.750. The van der Waals surface area contributed by atoms with Gasteiger partial charge in [0.15, 0.2) is 0 Å². The molecule has 0 aliphatic carbocycles. The van der Waals surface area contributed by atoms with Gasteiger partial charge in [-0.15, -0.1) is 0 Å². The maximum atomic E-state index is 5.87. The van der Waals surface area contributed by atoms with Crippen LogP contribution in [-0.2, 0) is 0 Å². The van der Waals surface area contributed by atoms with Crippen molar-refractivity contribution in [3.63, 3.8) is 0 Å². The maximum Gasteiger partial charge on any atom is 0.0702 e. The second kappa shape index (κ2) is 6.57. The molecule has 1 aliphatic heterocycles. The van der Waals surface area contributed by atoms with Gasteiger partial charge >= 0.3 is 0 Å². The van der Waals surface area contributed by atoms with E-state index in [2.05, 4.69) is 48.5 Å². The predicted molar refractivity (Wildman–Crippen MR) is 94.6 cm³/mol. The first-order valence-electron chi connectivity index (χ1n) is 7.27. The standard InChI is InChI=1S/C16H21N3S2/c1-10-11(2)21-15(9-20-10)16(19-17)13-5-6-14-12(8-13)4-3-7-18-14/h3-8,10-11,15-16,19H,9,17H2,1-2H3. The van der Waals surface area contributed by atoms with Crippen molar-refractivity contribution in [3.8, 4) is 0 Å². The number of hydrogen-bond acceptors (Lipinski definition) is 5. The summed E-state index contributed by atoms with van der Waals surface area (Å²) in [6, 6.07) is 10.7. The quantitative estimate of drug-likeness (QED) is 0.671. The third kappa shape index (κ3) is 3.21. The van der Waals surface area contributed by atoms with E-state index in [-0.39, 0.29) is 6.04 Å². The molecule has 4 atom stereocenters. The van der Waals surface area contributed by atoms with Gasteiger partial charge in [-0.3, -0.25) is 16.3 Å². The Morgan fingerprint density at radius 2 is 2.14 bits per heavy atom. The summed E-state index contributed by atoms with van der Waals surface area (Å²) >= 11 is 4.10. The number of nitrogens with zero attached hydrogens (tertiary/aromatic N) is 1. The van der Waals surface area contributed by atoms with E-state index >= 15 is 0 Å². The Bertz CT molecular complexity index is 619. The van der Waals surface area contributed by atoms with Crippen LogP contribution in [0, 0.1) is 0 Å². The summed E-state index contributed by atoms with van der Waals surface area (Å²) in [6.07, 6.45) is 1.83. The van der Waals surface area contributed by atoms with Gasteiger partial charge in [-0.1, -0.05) is 26.0 Å². The Kier molecular flexibility index (Phi) is 4.74. The summed E-state index contributed by atoms with van der Waals surface area (Å²) in [7, 11) is 0. The minimum atomic E-state index is 0.182. The summed E-state index contributed by atoms with van der Waals surface area (Å²) < 4.78 is 0. The van der Waals surface area contributed by atoms with E-state index in [4.69, 9.17) is 5.84 Å². The molecular formula is C16H21N3S2. The van der Waals surface area contributed by atoms with Crippen molar-refractivity contribution in [1.29, 1.82) is 0 Å². The second-order valence-electron chi connectivity index (χ2n) is 5.52. The zero-order chi connectivity index (χ0) is 14.8. The molecule has 2 aromatic rings. The number of thioether (sulfide) groups is 2. The van der Waals surface area contributed by atoms with Crippen molar-refractivity contribution in [2.45, 2.75) is 35.6 Å². The third-order valence-electron chi connectivity index (χ3n) is 4.11. The number of pyridine rings is 1. The smallest absolute Gasteiger partial charge is 0.0702 e. The van der Waals surface area contributed by atoms with Gasteiger partial charge in [0, 0.05) is 33.1 Å². The molecule has 5 heteroatoms. The van der Waals surface area contributed by atoms with E-state index in [1.165, 1.54) is 10.9 Å². The number of benzene rings is 1. The first-order valence-corrected chi connectivity index (χ1v) is 9.26. The minimum Gasteiger partial charge on any atom is -0.271 e. The average molecular weight is 319 g/mol. The molecule has 21 heavy (non-hydrogen) atoms. The van der Waals surface area contributed by atoms with Crippen LogP contribution in [0.5, 0.6) is 0 Å². The number of nitrogens with one attached hydrogen (secondary N) is 1. The normalized spacial score (nSPS) is 27.7. The van der Waals surface area contributed by atoms with Crippen molar-refractivity contribution in [3.05, 3.63) is 42.1 Å². The molecule has 1 fully saturated rings. The Morgan fingerprint density at radius 1 is 1.29 bits per heavy atom. The van der Waals surface area contributed by atoms with Crippen LogP contribution in [-0.4, -0.2) is 26.5 Å². The van der Waals surface area contributed by atoms with Crippen LogP contribution >= 0.6 is 23.5 Å². The number of fused-ring (bicyclic) bond motifs is 1. The lowest BCUT2D eigenvalue weighted by Crippen LogP contribution is -2.40. The highest BCUT2D eigenvalue weighted by Gasteiger charge is 2.31. The van der Waals surface area contributed by atoms with Crippen LogP contribution in [0.2, 0.25) is 0 Å². The van der Waals surface area contributed by atoms with Crippen molar-refractivity contribution in [2.75, 3.05) is 5.75 Å². The van der Waals surface area contributed by atoms with Gasteiger partial charge < -0.3 is 0 Å². The fraction of sp³-hybridized carbons (Fsp3) is 0.438. The molecule has 3 rings (SSSR count). The third-order valence-corrected chi connectivity index (χ3v) is 7.61. The summed E-state index contributed by atoms with van der Waals surface area (Å²) in [5, 5.41) is 3.04. The number of hydrazine groups is 1. The van der Waals surface area contributed by atoms with E-state index < -0.39 is 0 Å². The summed E-state index contributed by atoms with van der Waals surface area (Å²) in [6.45, 7) is 4.62. The predicted octanol–water partition coefficient (Wildman–Crippen LogP) is 3.36. The second-order valence-corrected chi connectivity index (χ2v) is 8.55. The highest BCUT2D eigenvalue weighted by molar-refractivity contribution is 8.07.